The first kappa shape index (κ1) is 23.0. The van der Waals surface area contributed by atoms with Crippen LogP contribution in [0.25, 0.3) is 0 Å². The number of nitrogens with zero attached hydrogens (tertiary/aromatic N) is 1. The average molecular weight is 478 g/mol. The fourth-order valence-electron chi connectivity index (χ4n) is 3.74. The van der Waals surface area contributed by atoms with Gasteiger partial charge in [0.05, 0.1) is 4.90 Å². The number of piperidine rings is 1. The lowest BCUT2D eigenvalue weighted by Gasteiger charge is -2.31. The molecule has 9 nitrogen and oxygen atoms in total. The molecule has 2 amide bonds. The van der Waals surface area contributed by atoms with Crippen molar-refractivity contribution in [1.82, 2.24) is 9.62 Å². The van der Waals surface area contributed by atoms with Crippen LogP contribution in [0.1, 0.15) is 19.8 Å². The molecule has 0 saturated carbocycles. The highest BCUT2D eigenvalue weighted by Crippen LogP contribution is 2.34. The van der Waals surface area contributed by atoms with Crippen molar-refractivity contribution in [3.63, 3.8) is 0 Å². The average Bonchev–Trinajstić information content (AvgIpc) is 3.27. The lowest BCUT2D eigenvalue weighted by atomic mass is 9.97. The fourth-order valence-corrected chi connectivity index (χ4v) is 5.21. The van der Waals surface area contributed by atoms with Gasteiger partial charge < -0.3 is 20.1 Å². The molecule has 0 bridgehead atoms. The fraction of sp³-hybridized carbons (Fsp3) is 0.364. The molecule has 2 aliphatic rings. The van der Waals surface area contributed by atoms with E-state index in [0.717, 1.165) is 12.1 Å². The molecule has 0 aromatic heterocycles. The highest BCUT2D eigenvalue weighted by Gasteiger charge is 2.33. The Labute approximate surface area is 190 Å². The first-order valence-corrected chi connectivity index (χ1v) is 11.9. The largest absolute Gasteiger partial charge is 0.454 e. The molecular weight excluding hydrogens is 453 g/mol. The molecule has 2 N–H and O–H groups in total. The second kappa shape index (κ2) is 9.36. The van der Waals surface area contributed by atoms with Crippen molar-refractivity contribution < 1.29 is 31.9 Å². The third-order valence-corrected chi connectivity index (χ3v) is 7.58. The zero-order chi connectivity index (χ0) is 23.6. The van der Waals surface area contributed by atoms with E-state index in [1.165, 1.54) is 16.4 Å². The van der Waals surface area contributed by atoms with Crippen molar-refractivity contribution in [3.8, 4) is 11.5 Å². The standard InChI is InChI=1S/C22H24FN3O6S/c1-14(21(27)25-17-4-7-19-20(12-17)32-13-31-19)24-22(28)15-8-10-26(11-9-15)33(29,30)18-5-2-16(23)3-6-18/h2-7,12,14-15H,8-11,13H2,1H3,(H,24,28)(H,25,27)/t14-/m0/s1. The van der Waals surface area contributed by atoms with Crippen LogP contribution in [0.5, 0.6) is 11.5 Å². The lowest BCUT2D eigenvalue weighted by Crippen LogP contribution is -2.47. The van der Waals surface area contributed by atoms with Crippen LogP contribution < -0.4 is 20.1 Å². The van der Waals surface area contributed by atoms with E-state index in [0.29, 0.717) is 30.0 Å². The quantitative estimate of drug-likeness (QED) is 0.659. The Hall–Kier alpha value is -3.18. The van der Waals surface area contributed by atoms with Gasteiger partial charge in [0.1, 0.15) is 11.9 Å². The number of hydrogen-bond acceptors (Lipinski definition) is 6. The molecule has 1 saturated heterocycles. The molecule has 0 unspecified atom stereocenters. The molecular formula is C22H24FN3O6S. The monoisotopic (exact) mass is 477 g/mol. The molecule has 0 spiro atoms. The van der Waals surface area contributed by atoms with Crippen molar-refractivity contribution in [2.45, 2.75) is 30.7 Å². The van der Waals surface area contributed by atoms with Gasteiger partial charge in [0, 0.05) is 30.8 Å². The topological polar surface area (TPSA) is 114 Å². The van der Waals surface area contributed by atoms with Gasteiger partial charge in [-0.15, -0.1) is 0 Å². The van der Waals surface area contributed by atoms with E-state index in [2.05, 4.69) is 10.6 Å². The van der Waals surface area contributed by atoms with Gasteiger partial charge in [-0.05, 0) is 56.2 Å². The maximum absolute atomic E-state index is 13.1. The molecule has 2 aromatic rings. The van der Waals surface area contributed by atoms with Crippen LogP contribution in [0, 0.1) is 11.7 Å². The van der Waals surface area contributed by atoms with Gasteiger partial charge in [0.25, 0.3) is 0 Å². The van der Waals surface area contributed by atoms with E-state index >= 15 is 0 Å². The van der Waals surface area contributed by atoms with Crippen molar-refractivity contribution >= 4 is 27.5 Å². The Morgan fingerprint density at radius 2 is 1.73 bits per heavy atom. The summed E-state index contributed by atoms with van der Waals surface area (Å²) in [6.07, 6.45) is 0.644. The Kier molecular flexibility index (Phi) is 6.52. The maximum atomic E-state index is 13.1. The van der Waals surface area contributed by atoms with Crippen molar-refractivity contribution in [2.24, 2.45) is 5.92 Å². The van der Waals surface area contributed by atoms with Crippen LogP contribution >= 0.6 is 0 Å². The van der Waals surface area contributed by atoms with E-state index in [4.69, 9.17) is 9.47 Å². The number of nitrogens with one attached hydrogen (secondary N) is 2. The molecule has 2 aromatic carbocycles. The van der Waals surface area contributed by atoms with Crippen LogP contribution in [0.3, 0.4) is 0 Å². The molecule has 1 atom stereocenters. The Balaban J connectivity index is 1.28. The molecule has 11 heteroatoms. The van der Waals surface area contributed by atoms with E-state index < -0.39 is 33.7 Å². The second-order valence-electron chi connectivity index (χ2n) is 7.92. The number of sulfonamides is 1. The molecule has 4 rings (SSSR count). The van der Waals surface area contributed by atoms with Gasteiger partial charge in [0.2, 0.25) is 28.6 Å². The number of carbonyl (C=O) groups is 2. The summed E-state index contributed by atoms with van der Waals surface area (Å²) < 4.78 is 50.4. The van der Waals surface area contributed by atoms with Crippen LogP contribution in [-0.4, -0.2) is 50.5 Å². The van der Waals surface area contributed by atoms with Crippen LogP contribution in [0.4, 0.5) is 10.1 Å². The van der Waals surface area contributed by atoms with Gasteiger partial charge >= 0.3 is 0 Å². The predicted molar refractivity (Wildman–Crippen MR) is 117 cm³/mol. The number of ether oxygens (including phenoxy) is 2. The highest BCUT2D eigenvalue weighted by molar-refractivity contribution is 7.89. The first-order valence-electron chi connectivity index (χ1n) is 10.5. The van der Waals surface area contributed by atoms with Gasteiger partial charge in [0.15, 0.2) is 11.5 Å². The number of rotatable bonds is 6. The molecule has 33 heavy (non-hydrogen) atoms. The predicted octanol–water partition coefficient (Wildman–Crippen LogP) is 2.10. The Morgan fingerprint density at radius 3 is 2.42 bits per heavy atom. The number of carbonyl (C=O) groups excluding carboxylic acids is 2. The molecule has 0 aliphatic carbocycles. The molecule has 0 radical (unpaired) electrons. The number of amides is 2. The summed E-state index contributed by atoms with van der Waals surface area (Å²) >= 11 is 0. The van der Waals surface area contributed by atoms with Crippen molar-refractivity contribution in [3.05, 3.63) is 48.3 Å². The van der Waals surface area contributed by atoms with Gasteiger partial charge in [-0.25, -0.2) is 12.8 Å². The van der Waals surface area contributed by atoms with Crippen molar-refractivity contribution in [2.75, 3.05) is 25.2 Å². The minimum atomic E-state index is -3.75. The molecule has 2 aliphatic heterocycles. The van der Waals surface area contributed by atoms with E-state index in [9.17, 15) is 22.4 Å². The summed E-state index contributed by atoms with van der Waals surface area (Å²) in [7, 11) is -3.75. The first-order chi connectivity index (χ1) is 15.7. The van der Waals surface area contributed by atoms with Gasteiger partial charge in [-0.1, -0.05) is 0 Å². The van der Waals surface area contributed by atoms with Crippen LogP contribution in [0.15, 0.2) is 47.4 Å². The summed E-state index contributed by atoms with van der Waals surface area (Å²) in [5.74, 6) is -0.485. The summed E-state index contributed by atoms with van der Waals surface area (Å²) in [5, 5.41) is 5.42. The number of anilines is 1. The van der Waals surface area contributed by atoms with E-state index in [1.807, 2.05) is 0 Å². The zero-order valence-corrected chi connectivity index (χ0v) is 18.7. The molecule has 176 valence electrons. The number of fused-ring (bicyclic) bond motifs is 1. The van der Waals surface area contributed by atoms with E-state index in [-0.39, 0.29) is 30.7 Å². The third-order valence-electron chi connectivity index (χ3n) is 5.67. The van der Waals surface area contributed by atoms with Crippen LogP contribution in [0.2, 0.25) is 0 Å². The number of benzene rings is 2. The van der Waals surface area contributed by atoms with Gasteiger partial charge in [-0.3, -0.25) is 9.59 Å². The van der Waals surface area contributed by atoms with E-state index in [1.54, 1.807) is 25.1 Å². The smallest absolute Gasteiger partial charge is 0.246 e. The minimum absolute atomic E-state index is 0.0145. The molecule has 1 fully saturated rings. The summed E-state index contributed by atoms with van der Waals surface area (Å²) in [6.45, 7) is 2.03. The Bertz CT molecular complexity index is 1150. The Morgan fingerprint density at radius 1 is 1.06 bits per heavy atom. The minimum Gasteiger partial charge on any atom is -0.454 e. The summed E-state index contributed by atoms with van der Waals surface area (Å²) in [5.41, 5.74) is 0.518. The zero-order valence-electron chi connectivity index (χ0n) is 17.9. The lowest BCUT2D eigenvalue weighted by molar-refractivity contribution is -0.129. The molecule has 2 heterocycles. The van der Waals surface area contributed by atoms with Crippen LogP contribution in [-0.2, 0) is 19.6 Å². The maximum Gasteiger partial charge on any atom is 0.246 e. The highest BCUT2D eigenvalue weighted by atomic mass is 32.2. The third kappa shape index (κ3) is 5.09. The van der Waals surface area contributed by atoms with Crippen molar-refractivity contribution in [1.29, 1.82) is 0 Å². The summed E-state index contributed by atoms with van der Waals surface area (Å²) in [4.78, 5) is 25.1. The number of halogens is 1. The number of hydrogen-bond donors (Lipinski definition) is 2. The van der Waals surface area contributed by atoms with Gasteiger partial charge in [-0.2, -0.15) is 4.31 Å². The summed E-state index contributed by atoms with van der Waals surface area (Å²) in [6, 6.07) is 8.88. The SMILES string of the molecule is C[C@H](NC(=O)C1CCN(S(=O)(=O)c2ccc(F)cc2)CC1)C(=O)Nc1ccc2c(c1)OCO2. The normalized spacial score (nSPS) is 17.4. The second-order valence-corrected chi connectivity index (χ2v) is 9.86.